The van der Waals surface area contributed by atoms with E-state index in [4.69, 9.17) is 9.47 Å². The van der Waals surface area contributed by atoms with E-state index in [1.807, 2.05) is 37.2 Å². The molecule has 0 radical (unpaired) electrons. The fourth-order valence-electron chi connectivity index (χ4n) is 3.28. The van der Waals surface area contributed by atoms with Crippen LogP contribution in [0.15, 0.2) is 66.9 Å². The average molecular weight is 420 g/mol. The van der Waals surface area contributed by atoms with Gasteiger partial charge in [0.15, 0.2) is 0 Å². The lowest BCUT2D eigenvalue weighted by Crippen LogP contribution is -2.32. The van der Waals surface area contributed by atoms with E-state index in [1.165, 1.54) is 0 Å². The van der Waals surface area contributed by atoms with Gasteiger partial charge in [0.05, 0.1) is 14.2 Å². The third-order valence-electron chi connectivity index (χ3n) is 5.08. The minimum absolute atomic E-state index is 0.0789. The van der Waals surface area contributed by atoms with Crippen LogP contribution in [0.2, 0.25) is 0 Å². The molecular formula is C25H29N3O3. The number of anilines is 1. The zero-order valence-corrected chi connectivity index (χ0v) is 18.5. The number of aromatic nitrogens is 1. The molecule has 0 aliphatic rings. The number of amides is 1. The van der Waals surface area contributed by atoms with Crippen LogP contribution < -0.4 is 14.4 Å². The Bertz CT molecular complexity index is 966. The topological polar surface area (TPSA) is 54.9 Å². The van der Waals surface area contributed by atoms with Crippen molar-refractivity contribution in [1.82, 2.24) is 9.88 Å². The zero-order valence-electron chi connectivity index (χ0n) is 18.5. The molecule has 3 aromatic rings. The van der Waals surface area contributed by atoms with Crippen LogP contribution >= 0.6 is 0 Å². The highest BCUT2D eigenvalue weighted by Crippen LogP contribution is 2.24. The van der Waals surface area contributed by atoms with Crippen LogP contribution in [0, 0.1) is 0 Å². The van der Waals surface area contributed by atoms with Crippen LogP contribution in [0.1, 0.15) is 21.6 Å². The molecule has 0 atom stereocenters. The first-order chi connectivity index (χ1) is 15.0. The van der Waals surface area contributed by atoms with E-state index in [0.717, 1.165) is 16.9 Å². The number of ether oxygens (including phenoxy) is 2. The van der Waals surface area contributed by atoms with Crippen molar-refractivity contribution in [1.29, 1.82) is 0 Å². The van der Waals surface area contributed by atoms with Gasteiger partial charge in [-0.2, -0.15) is 0 Å². The van der Waals surface area contributed by atoms with Crippen molar-refractivity contribution < 1.29 is 14.3 Å². The summed E-state index contributed by atoms with van der Waals surface area (Å²) in [5.41, 5.74) is 3.66. The van der Waals surface area contributed by atoms with Crippen molar-refractivity contribution >= 4 is 11.6 Å². The number of carbonyl (C=O) groups is 1. The number of hydrogen-bond acceptors (Lipinski definition) is 5. The Morgan fingerprint density at radius 1 is 0.935 bits per heavy atom. The molecule has 162 valence electrons. The molecule has 0 fully saturated rings. The molecule has 0 N–H and O–H groups in total. The van der Waals surface area contributed by atoms with E-state index in [2.05, 4.69) is 34.1 Å². The van der Waals surface area contributed by atoms with Crippen molar-refractivity contribution in [2.24, 2.45) is 0 Å². The van der Waals surface area contributed by atoms with Gasteiger partial charge in [0.25, 0.3) is 5.91 Å². The Kier molecular flexibility index (Phi) is 7.49. The summed E-state index contributed by atoms with van der Waals surface area (Å²) in [7, 11) is 7.17. The molecule has 0 saturated heterocycles. The van der Waals surface area contributed by atoms with Crippen LogP contribution in [-0.2, 0) is 13.0 Å². The lowest BCUT2D eigenvalue weighted by Gasteiger charge is -2.24. The Balaban J connectivity index is 1.86. The van der Waals surface area contributed by atoms with Crippen molar-refractivity contribution in [3.05, 3.63) is 83.7 Å². The summed E-state index contributed by atoms with van der Waals surface area (Å²) in [6, 6.07) is 19.3. The van der Waals surface area contributed by atoms with Gasteiger partial charge in [0.1, 0.15) is 11.5 Å². The van der Waals surface area contributed by atoms with Crippen molar-refractivity contribution in [2.75, 3.05) is 39.8 Å². The average Bonchev–Trinajstić information content (AvgIpc) is 2.81. The van der Waals surface area contributed by atoms with Gasteiger partial charge in [0, 0.05) is 62.8 Å². The minimum Gasteiger partial charge on any atom is -0.497 e. The molecule has 0 saturated carbocycles. The predicted octanol–water partition coefficient (Wildman–Crippen LogP) is 4.05. The molecule has 2 aromatic carbocycles. The molecule has 31 heavy (non-hydrogen) atoms. The third kappa shape index (κ3) is 5.98. The summed E-state index contributed by atoms with van der Waals surface area (Å²) in [5, 5.41) is 0. The van der Waals surface area contributed by atoms with Crippen LogP contribution in [0.25, 0.3) is 0 Å². The molecule has 0 unspecified atom stereocenters. The fraction of sp³-hybridized carbons (Fsp3) is 0.280. The second-order valence-corrected chi connectivity index (χ2v) is 7.46. The van der Waals surface area contributed by atoms with Gasteiger partial charge in [-0.05, 0) is 42.0 Å². The lowest BCUT2D eigenvalue weighted by molar-refractivity contribution is 0.0744. The summed E-state index contributed by atoms with van der Waals surface area (Å²) >= 11 is 0. The summed E-state index contributed by atoms with van der Waals surface area (Å²) in [6.45, 7) is 1.05. The Morgan fingerprint density at radius 2 is 1.61 bits per heavy atom. The number of nitrogens with zero attached hydrogens (tertiary/aromatic N) is 3. The van der Waals surface area contributed by atoms with Gasteiger partial charge in [-0.3, -0.25) is 9.78 Å². The monoisotopic (exact) mass is 419 g/mol. The van der Waals surface area contributed by atoms with Gasteiger partial charge < -0.3 is 19.3 Å². The quantitative estimate of drug-likeness (QED) is 0.524. The highest BCUT2D eigenvalue weighted by molar-refractivity contribution is 5.95. The van der Waals surface area contributed by atoms with Gasteiger partial charge in [0.2, 0.25) is 0 Å². The first-order valence-corrected chi connectivity index (χ1v) is 10.2. The summed E-state index contributed by atoms with van der Waals surface area (Å²) in [6.07, 6.45) is 2.44. The zero-order chi connectivity index (χ0) is 22.2. The van der Waals surface area contributed by atoms with Gasteiger partial charge in [-0.1, -0.05) is 18.2 Å². The number of methoxy groups -OCH3 is 2. The molecule has 0 aliphatic carbocycles. The molecule has 1 aromatic heterocycles. The normalized spacial score (nSPS) is 10.5. The number of carbonyl (C=O) groups excluding carboxylic acids is 1. The van der Waals surface area contributed by atoms with Crippen molar-refractivity contribution in [3.8, 4) is 11.5 Å². The van der Waals surface area contributed by atoms with E-state index in [-0.39, 0.29) is 5.91 Å². The smallest absolute Gasteiger partial charge is 0.254 e. The highest BCUT2D eigenvalue weighted by Gasteiger charge is 2.18. The van der Waals surface area contributed by atoms with E-state index >= 15 is 0 Å². The van der Waals surface area contributed by atoms with E-state index < -0.39 is 0 Å². The molecule has 0 bridgehead atoms. The van der Waals surface area contributed by atoms with Crippen LogP contribution in [0.4, 0.5) is 5.69 Å². The second-order valence-electron chi connectivity index (χ2n) is 7.46. The summed E-state index contributed by atoms with van der Waals surface area (Å²) in [4.78, 5) is 21.8. The number of benzene rings is 2. The van der Waals surface area contributed by atoms with Gasteiger partial charge >= 0.3 is 0 Å². The van der Waals surface area contributed by atoms with E-state index in [9.17, 15) is 4.79 Å². The molecule has 6 nitrogen and oxygen atoms in total. The predicted molar refractivity (Wildman–Crippen MR) is 123 cm³/mol. The standard InChI is InChI=1S/C25H29N3O3/c1-27(2)22-10-8-19(9-11-22)18-28(14-12-21-7-5-6-13-26-21)25(29)20-15-23(30-3)17-24(16-20)31-4/h5-11,13,15-17H,12,14,18H2,1-4H3. The lowest BCUT2D eigenvalue weighted by atomic mass is 10.1. The van der Waals surface area contributed by atoms with Gasteiger partial charge in [-0.15, -0.1) is 0 Å². The Morgan fingerprint density at radius 3 is 2.16 bits per heavy atom. The number of pyridine rings is 1. The van der Waals surface area contributed by atoms with E-state index in [1.54, 1.807) is 38.6 Å². The first kappa shape index (κ1) is 22.2. The van der Waals surface area contributed by atoms with Crippen LogP contribution in [0.3, 0.4) is 0 Å². The molecule has 1 heterocycles. The van der Waals surface area contributed by atoms with Crippen LogP contribution in [0.5, 0.6) is 11.5 Å². The maximum atomic E-state index is 13.5. The minimum atomic E-state index is -0.0789. The van der Waals surface area contributed by atoms with Crippen molar-refractivity contribution in [3.63, 3.8) is 0 Å². The number of hydrogen-bond donors (Lipinski definition) is 0. The summed E-state index contributed by atoms with van der Waals surface area (Å²) in [5.74, 6) is 1.09. The molecule has 3 rings (SSSR count). The maximum Gasteiger partial charge on any atom is 0.254 e. The van der Waals surface area contributed by atoms with Gasteiger partial charge in [-0.25, -0.2) is 0 Å². The Labute approximate surface area is 184 Å². The summed E-state index contributed by atoms with van der Waals surface area (Å²) < 4.78 is 10.7. The largest absolute Gasteiger partial charge is 0.497 e. The first-order valence-electron chi connectivity index (χ1n) is 10.2. The highest BCUT2D eigenvalue weighted by atomic mass is 16.5. The molecule has 6 heteroatoms. The third-order valence-corrected chi connectivity index (χ3v) is 5.08. The second kappa shape index (κ2) is 10.5. The van der Waals surface area contributed by atoms with E-state index in [0.29, 0.717) is 36.6 Å². The molecule has 1 amide bonds. The maximum absolute atomic E-state index is 13.5. The SMILES string of the molecule is COc1cc(OC)cc(C(=O)N(CCc2ccccn2)Cc2ccc(N(C)C)cc2)c1. The number of rotatable bonds is 9. The van der Waals surface area contributed by atoms with Crippen molar-refractivity contribution in [2.45, 2.75) is 13.0 Å². The van der Waals surface area contributed by atoms with Crippen LogP contribution in [-0.4, -0.2) is 50.7 Å². The molecule has 0 aliphatic heterocycles. The fourth-order valence-corrected chi connectivity index (χ4v) is 3.28. The molecule has 0 spiro atoms. The molecular weight excluding hydrogens is 390 g/mol. The Hall–Kier alpha value is -3.54.